The first-order valence-corrected chi connectivity index (χ1v) is 12.0. The maximum absolute atomic E-state index is 13.1. The molecule has 0 aliphatic carbocycles. The Bertz CT molecular complexity index is 1290. The molecule has 1 aliphatic heterocycles. The molecule has 7 nitrogen and oxygen atoms in total. The lowest BCUT2D eigenvalue weighted by molar-refractivity contribution is 0.102. The van der Waals surface area contributed by atoms with Crippen molar-refractivity contribution in [1.29, 1.82) is 0 Å². The van der Waals surface area contributed by atoms with Gasteiger partial charge in [0.25, 0.3) is 5.91 Å². The summed E-state index contributed by atoms with van der Waals surface area (Å²) in [5.74, 6) is 0.639. The summed E-state index contributed by atoms with van der Waals surface area (Å²) in [5.41, 5.74) is 2.83. The molecule has 0 unspecified atom stereocenters. The minimum absolute atomic E-state index is 0.200. The highest BCUT2D eigenvalue weighted by Gasteiger charge is 2.28. The molecule has 9 heteroatoms. The maximum atomic E-state index is 13.1. The Morgan fingerprint density at radius 1 is 0.970 bits per heavy atom. The summed E-state index contributed by atoms with van der Waals surface area (Å²) in [6.07, 6.45) is 0.586. The van der Waals surface area contributed by atoms with Gasteiger partial charge >= 0.3 is 0 Å². The molecule has 172 valence electrons. The predicted octanol–water partition coefficient (Wildman–Crippen LogP) is 4.36. The molecular formula is C24H23ClN2O5S. The highest BCUT2D eigenvalue weighted by atomic mass is 35.5. The van der Waals surface area contributed by atoms with E-state index in [-0.39, 0.29) is 17.3 Å². The molecule has 0 bridgehead atoms. The fourth-order valence-corrected chi connectivity index (χ4v) is 5.30. The van der Waals surface area contributed by atoms with Crippen LogP contribution in [0.4, 0.5) is 5.69 Å². The quantitative estimate of drug-likeness (QED) is 0.559. The van der Waals surface area contributed by atoms with E-state index in [1.807, 2.05) is 18.2 Å². The largest absolute Gasteiger partial charge is 0.497 e. The van der Waals surface area contributed by atoms with Crippen LogP contribution in [0.5, 0.6) is 11.5 Å². The molecule has 1 aliphatic rings. The second-order valence-electron chi connectivity index (χ2n) is 7.55. The number of amides is 1. The molecule has 0 saturated heterocycles. The van der Waals surface area contributed by atoms with Crippen molar-refractivity contribution in [2.75, 3.05) is 26.1 Å². The standard InChI is InChI=1S/C24H23ClN2O5S/c1-31-20-7-10-22(23(14-20)32-2)24(28)26-19-6-3-16-11-12-27(15-17(16)13-19)33(29,30)21-8-4-18(25)5-9-21/h3-10,13-14H,11-12,15H2,1-2H3,(H,26,28). The third-order valence-corrected chi connectivity index (χ3v) is 7.66. The second-order valence-corrected chi connectivity index (χ2v) is 9.92. The van der Waals surface area contributed by atoms with Gasteiger partial charge in [0.05, 0.1) is 24.7 Å². The first kappa shape index (κ1) is 23.1. The molecule has 33 heavy (non-hydrogen) atoms. The lowest BCUT2D eigenvalue weighted by Gasteiger charge is -2.28. The van der Waals surface area contributed by atoms with Crippen LogP contribution in [0.25, 0.3) is 0 Å². The van der Waals surface area contributed by atoms with Crippen molar-refractivity contribution in [2.45, 2.75) is 17.9 Å². The van der Waals surface area contributed by atoms with Crippen LogP contribution in [-0.4, -0.2) is 39.4 Å². The molecule has 3 aromatic carbocycles. The summed E-state index contributed by atoms with van der Waals surface area (Å²) in [7, 11) is -0.631. The fraction of sp³-hybridized carbons (Fsp3) is 0.208. The molecule has 4 rings (SSSR count). The van der Waals surface area contributed by atoms with Crippen molar-refractivity contribution in [3.63, 3.8) is 0 Å². The number of carbonyl (C=O) groups excluding carboxylic acids is 1. The van der Waals surface area contributed by atoms with E-state index < -0.39 is 10.0 Å². The van der Waals surface area contributed by atoms with E-state index >= 15 is 0 Å². The predicted molar refractivity (Wildman–Crippen MR) is 127 cm³/mol. The van der Waals surface area contributed by atoms with E-state index in [9.17, 15) is 13.2 Å². The Hall–Kier alpha value is -3.07. The number of sulfonamides is 1. The second kappa shape index (κ2) is 9.43. The molecule has 3 aromatic rings. The van der Waals surface area contributed by atoms with Crippen LogP contribution in [-0.2, 0) is 23.0 Å². The first-order valence-electron chi connectivity index (χ1n) is 10.2. The van der Waals surface area contributed by atoms with Crippen molar-refractivity contribution < 1.29 is 22.7 Å². The van der Waals surface area contributed by atoms with Gasteiger partial charge in [0.2, 0.25) is 10.0 Å². The van der Waals surface area contributed by atoms with Gasteiger partial charge in [0.15, 0.2) is 0 Å². The van der Waals surface area contributed by atoms with Crippen LogP contribution in [0.1, 0.15) is 21.5 Å². The Morgan fingerprint density at radius 2 is 1.73 bits per heavy atom. The molecule has 0 atom stereocenters. The number of nitrogens with zero attached hydrogens (tertiary/aromatic N) is 1. The van der Waals surface area contributed by atoms with Crippen molar-refractivity contribution in [3.8, 4) is 11.5 Å². The molecule has 0 radical (unpaired) electrons. The number of fused-ring (bicyclic) bond motifs is 1. The molecule has 0 saturated carbocycles. The Labute approximate surface area is 197 Å². The minimum Gasteiger partial charge on any atom is -0.497 e. The molecule has 0 aromatic heterocycles. The third kappa shape index (κ3) is 4.83. The van der Waals surface area contributed by atoms with Crippen molar-refractivity contribution in [2.24, 2.45) is 0 Å². The number of methoxy groups -OCH3 is 2. The normalized spacial score (nSPS) is 13.8. The number of halogens is 1. The number of hydrogen-bond donors (Lipinski definition) is 1. The third-order valence-electron chi connectivity index (χ3n) is 5.55. The first-order chi connectivity index (χ1) is 15.8. The van der Waals surface area contributed by atoms with Gasteiger partial charge in [0.1, 0.15) is 11.5 Å². The van der Waals surface area contributed by atoms with Crippen LogP contribution in [0, 0.1) is 0 Å². The lowest BCUT2D eigenvalue weighted by Crippen LogP contribution is -2.36. The van der Waals surface area contributed by atoms with Crippen LogP contribution >= 0.6 is 11.6 Å². The lowest BCUT2D eigenvalue weighted by atomic mass is 10.0. The summed E-state index contributed by atoms with van der Waals surface area (Å²) >= 11 is 5.89. The van der Waals surface area contributed by atoms with E-state index in [2.05, 4.69) is 5.32 Å². The van der Waals surface area contributed by atoms with E-state index in [1.165, 1.54) is 30.7 Å². The van der Waals surface area contributed by atoms with Crippen molar-refractivity contribution in [1.82, 2.24) is 4.31 Å². The van der Waals surface area contributed by atoms with Gasteiger partial charge in [-0.2, -0.15) is 4.31 Å². The molecular weight excluding hydrogens is 464 g/mol. The number of hydrogen-bond acceptors (Lipinski definition) is 5. The average Bonchev–Trinajstić information content (AvgIpc) is 2.83. The summed E-state index contributed by atoms with van der Waals surface area (Å²) in [4.78, 5) is 13.0. The van der Waals surface area contributed by atoms with Crippen LogP contribution in [0.3, 0.4) is 0 Å². The van der Waals surface area contributed by atoms with Gasteiger partial charge < -0.3 is 14.8 Å². The smallest absolute Gasteiger partial charge is 0.259 e. The number of carbonyl (C=O) groups is 1. The number of anilines is 1. The van der Waals surface area contributed by atoms with Gasteiger partial charge in [0, 0.05) is 29.9 Å². The van der Waals surface area contributed by atoms with Crippen LogP contribution in [0.2, 0.25) is 5.02 Å². The zero-order valence-electron chi connectivity index (χ0n) is 18.2. The van der Waals surface area contributed by atoms with E-state index in [0.29, 0.717) is 40.7 Å². The number of ether oxygens (including phenoxy) is 2. The average molecular weight is 487 g/mol. The van der Waals surface area contributed by atoms with Crippen LogP contribution < -0.4 is 14.8 Å². The number of nitrogens with one attached hydrogen (secondary N) is 1. The topological polar surface area (TPSA) is 84.9 Å². The van der Waals surface area contributed by atoms with E-state index in [4.69, 9.17) is 21.1 Å². The monoisotopic (exact) mass is 486 g/mol. The molecule has 1 amide bonds. The number of benzene rings is 3. The van der Waals surface area contributed by atoms with E-state index in [1.54, 1.807) is 30.3 Å². The van der Waals surface area contributed by atoms with Crippen molar-refractivity contribution in [3.05, 3.63) is 82.4 Å². The van der Waals surface area contributed by atoms with Crippen LogP contribution in [0.15, 0.2) is 65.6 Å². The van der Waals surface area contributed by atoms with Gasteiger partial charge in [-0.25, -0.2) is 8.42 Å². The summed E-state index contributed by atoms with van der Waals surface area (Å²) in [5, 5.41) is 3.35. The fourth-order valence-electron chi connectivity index (χ4n) is 3.75. The zero-order valence-corrected chi connectivity index (χ0v) is 19.7. The Balaban J connectivity index is 1.55. The minimum atomic E-state index is -3.66. The maximum Gasteiger partial charge on any atom is 0.259 e. The summed E-state index contributed by atoms with van der Waals surface area (Å²) in [6.45, 7) is 0.600. The zero-order chi connectivity index (χ0) is 23.6. The molecule has 0 fully saturated rings. The highest BCUT2D eigenvalue weighted by Crippen LogP contribution is 2.29. The van der Waals surface area contributed by atoms with E-state index in [0.717, 1.165) is 11.1 Å². The van der Waals surface area contributed by atoms with Gasteiger partial charge in [-0.3, -0.25) is 4.79 Å². The summed E-state index contributed by atoms with van der Waals surface area (Å²) in [6, 6.07) is 16.6. The SMILES string of the molecule is COc1ccc(C(=O)Nc2ccc3c(c2)CN(S(=O)(=O)c2ccc(Cl)cc2)CC3)c(OC)c1. The highest BCUT2D eigenvalue weighted by molar-refractivity contribution is 7.89. The van der Waals surface area contributed by atoms with Gasteiger partial charge in [-0.05, 0) is 66.1 Å². The van der Waals surface area contributed by atoms with Gasteiger partial charge in [-0.1, -0.05) is 17.7 Å². The number of rotatable bonds is 6. The Morgan fingerprint density at radius 3 is 2.42 bits per heavy atom. The molecule has 1 heterocycles. The molecule has 0 spiro atoms. The molecule has 1 N–H and O–H groups in total. The van der Waals surface area contributed by atoms with Crippen molar-refractivity contribution >= 4 is 33.2 Å². The summed E-state index contributed by atoms with van der Waals surface area (Å²) < 4.78 is 38.1. The Kier molecular flexibility index (Phi) is 6.60. The van der Waals surface area contributed by atoms with Gasteiger partial charge in [-0.15, -0.1) is 0 Å².